The Morgan fingerprint density at radius 3 is 2.48 bits per heavy atom. The lowest BCUT2D eigenvalue weighted by atomic mass is 9.45. The second-order valence-corrected chi connectivity index (χ2v) is 7.92. The highest BCUT2D eigenvalue weighted by Crippen LogP contribution is 2.68. The third-order valence-electron chi connectivity index (χ3n) is 6.46. The summed E-state index contributed by atoms with van der Waals surface area (Å²) in [5.41, 5.74) is -1.58. The van der Waals surface area contributed by atoms with Crippen LogP contribution in [-0.2, 0) is 28.5 Å². The maximum atomic E-state index is 12.8. The van der Waals surface area contributed by atoms with Crippen molar-refractivity contribution >= 4 is 5.97 Å². The first-order valence-corrected chi connectivity index (χ1v) is 8.82. The lowest BCUT2D eigenvalue weighted by Gasteiger charge is -2.66. The summed E-state index contributed by atoms with van der Waals surface area (Å²) >= 11 is 0. The Bertz CT molecular complexity index is 547. The maximum absolute atomic E-state index is 12.8. The van der Waals surface area contributed by atoms with Gasteiger partial charge < -0.3 is 23.7 Å². The molecule has 128 valence electrons. The number of hydrogen-bond acceptors (Lipinski definition) is 6. The molecule has 5 rings (SSSR count). The van der Waals surface area contributed by atoms with E-state index in [0.29, 0.717) is 25.7 Å². The Morgan fingerprint density at radius 1 is 1.00 bits per heavy atom. The van der Waals surface area contributed by atoms with Crippen LogP contribution in [0, 0.1) is 11.8 Å². The van der Waals surface area contributed by atoms with Crippen molar-refractivity contribution in [2.75, 3.05) is 19.8 Å². The number of carbonyl (C=O) groups is 1. The molecule has 0 aromatic carbocycles. The van der Waals surface area contributed by atoms with Gasteiger partial charge in [-0.25, -0.2) is 4.79 Å². The van der Waals surface area contributed by atoms with Gasteiger partial charge in [0.15, 0.2) is 17.5 Å². The van der Waals surface area contributed by atoms with E-state index in [4.69, 9.17) is 23.7 Å². The molecule has 23 heavy (non-hydrogen) atoms. The van der Waals surface area contributed by atoms with E-state index in [1.165, 1.54) is 0 Å². The molecule has 2 spiro atoms. The Kier molecular flexibility index (Phi) is 2.85. The van der Waals surface area contributed by atoms with Crippen LogP contribution in [0.2, 0.25) is 0 Å². The molecule has 6 nitrogen and oxygen atoms in total. The van der Waals surface area contributed by atoms with Crippen LogP contribution in [-0.4, -0.2) is 55.0 Å². The summed E-state index contributed by atoms with van der Waals surface area (Å²) in [4.78, 5) is 12.8. The standard InChI is InChI=1S/C17H24O6/c1-15(2)21-9-12(23-15)13-16-10(5-3-7-19-16)11-6-4-8-20-17(11,16)14(18)22-13/h10-13H,3-9H2,1-2H3/t10-,11+,12-,13+,16+,17-/m0/s1. The lowest BCUT2D eigenvalue weighted by molar-refractivity contribution is -0.350. The summed E-state index contributed by atoms with van der Waals surface area (Å²) in [6.45, 7) is 5.44. The van der Waals surface area contributed by atoms with Crippen molar-refractivity contribution in [3.63, 3.8) is 0 Å². The van der Waals surface area contributed by atoms with Crippen molar-refractivity contribution in [3.8, 4) is 0 Å². The van der Waals surface area contributed by atoms with E-state index in [-0.39, 0.29) is 18.0 Å². The number of carbonyl (C=O) groups excluding carboxylic acids is 1. The third kappa shape index (κ3) is 1.56. The fraction of sp³-hybridized carbons (Fsp3) is 0.941. The highest BCUT2D eigenvalue weighted by Gasteiger charge is 2.87. The first-order valence-electron chi connectivity index (χ1n) is 8.82. The summed E-state index contributed by atoms with van der Waals surface area (Å²) in [5.74, 6) is -0.354. The number of cyclic esters (lactones) is 1. The predicted octanol–water partition coefficient (Wildman–Crippen LogP) is 1.41. The molecular formula is C17H24O6. The zero-order valence-electron chi connectivity index (χ0n) is 13.7. The molecule has 6 atom stereocenters. The molecule has 5 fully saturated rings. The summed E-state index contributed by atoms with van der Waals surface area (Å²) in [5, 5.41) is 0. The lowest BCUT2D eigenvalue weighted by Crippen LogP contribution is -2.82. The fourth-order valence-electron chi connectivity index (χ4n) is 5.77. The van der Waals surface area contributed by atoms with E-state index < -0.39 is 23.1 Å². The van der Waals surface area contributed by atoms with Crippen molar-refractivity contribution in [2.24, 2.45) is 11.8 Å². The Hall–Kier alpha value is -0.690. The molecule has 4 heterocycles. The number of fused-ring (bicyclic) bond motifs is 1. The maximum Gasteiger partial charge on any atom is 0.342 e. The van der Waals surface area contributed by atoms with Gasteiger partial charge in [0.25, 0.3) is 0 Å². The van der Waals surface area contributed by atoms with Gasteiger partial charge in [0.05, 0.1) is 6.61 Å². The van der Waals surface area contributed by atoms with E-state index >= 15 is 0 Å². The van der Waals surface area contributed by atoms with Gasteiger partial charge in [0.2, 0.25) is 5.60 Å². The summed E-state index contributed by atoms with van der Waals surface area (Å²) < 4.78 is 30.0. The van der Waals surface area contributed by atoms with Gasteiger partial charge in [0.1, 0.15) is 6.10 Å². The second-order valence-electron chi connectivity index (χ2n) is 7.92. The van der Waals surface area contributed by atoms with Gasteiger partial charge in [-0.15, -0.1) is 0 Å². The second kappa shape index (κ2) is 4.48. The number of esters is 1. The fourth-order valence-corrected chi connectivity index (χ4v) is 5.77. The van der Waals surface area contributed by atoms with Crippen LogP contribution >= 0.6 is 0 Å². The average Bonchev–Trinajstić information content (AvgIpc) is 2.95. The molecule has 4 aliphatic heterocycles. The van der Waals surface area contributed by atoms with Crippen molar-refractivity contribution in [1.29, 1.82) is 0 Å². The zero-order chi connectivity index (χ0) is 15.9. The van der Waals surface area contributed by atoms with Crippen LogP contribution in [0.3, 0.4) is 0 Å². The molecule has 4 saturated heterocycles. The SMILES string of the molecule is CC1(C)OC[C@@H]([C@H]2OC(=O)[C@@]34OCCC[C@@H]3[C@@H]3CCCO[C@@]234)O1. The Balaban J connectivity index is 1.55. The molecule has 0 amide bonds. The number of rotatable bonds is 1. The minimum atomic E-state index is -0.906. The van der Waals surface area contributed by atoms with Crippen LogP contribution in [0.5, 0.6) is 0 Å². The van der Waals surface area contributed by atoms with Gasteiger partial charge >= 0.3 is 5.97 Å². The molecular weight excluding hydrogens is 300 g/mol. The van der Waals surface area contributed by atoms with Crippen molar-refractivity contribution in [1.82, 2.24) is 0 Å². The molecule has 0 bridgehead atoms. The molecule has 5 aliphatic rings. The minimum Gasteiger partial charge on any atom is -0.454 e. The van der Waals surface area contributed by atoms with E-state index in [1.807, 2.05) is 13.8 Å². The monoisotopic (exact) mass is 324 g/mol. The van der Waals surface area contributed by atoms with Crippen LogP contribution in [0.4, 0.5) is 0 Å². The van der Waals surface area contributed by atoms with Crippen molar-refractivity contribution < 1.29 is 28.5 Å². The molecule has 0 aromatic rings. The predicted molar refractivity (Wildman–Crippen MR) is 77.6 cm³/mol. The molecule has 1 aliphatic carbocycles. The summed E-state index contributed by atoms with van der Waals surface area (Å²) in [7, 11) is 0. The van der Waals surface area contributed by atoms with E-state index in [2.05, 4.69) is 0 Å². The molecule has 6 heteroatoms. The smallest absolute Gasteiger partial charge is 0.342 e. The Labute approximate surface area is 135 Å². The van der Waals surface area contributed by atoms with Crippen LogP contribution in [0.25, 0.3) is 0 Å². The molecule has 0 radical (unpaired) electrons. The molecule has 0 N–H and O–H groups in total. The van der Waals surface area contributed by atoms with Gasteiger partial charge in [-0.3, -0.25) is 0 Å². The van der Waals surface area contributed by atoms with Crippen LogP contribution in [0.15, 0.2) is 0 Å². The van der Waals surface area contributed by atoms with Crippen LogP contribution in [0.1, 0.15) is 39.5 Å². The van der Waals surface area contributed by atoms with Gasteiger partial charge in [0, 0.05) is 25.0 Å². The highest BCUT2D eigenvalue weighted by atomic mass is 16.8. The summed E-state index contributed by atoms with van der Waals surface area (Å²) in [6.07, 6.45) is 3.41. The first kappa shape index (κ1) is 14.6. The van der Waals surface area contributed by atoms with E-state index in [1.54, 1.807) is 0 Å². The minimum absolute atomic E-state index is 0.226. The van der Waals surface area contributed by atoms with Gasteiger partial charge in [-0.1, -0.05) is 0 Å². The van der Waals surface area contributed by atoms with Gasteiger partial charge in [-0.2, -0.15) is 0 Å². The topological polar surface area (TPSA) is 63.2 Å². The number of hydrogen-bond donors (Lipinski definition) is 0. The molecule has 0 unspecified atom stereocenters. The average molecular weight is 324 g/mol. The normalized spacial score (nSPS) is 53.7. The quantitative estimate of drug-likeness (QED) is 0.680. The summed E-state index contributed by atoms with van der Waals surface area (Å²) in [6, 6.07) is 0. The Morgan fingerprint density at radius 2 is 1.74 bits per heavy atom. The van der Waals surface area contributed by atoms with Gasteiger partial charge in [-0.05, 0) is 39.5 Å². The number of ether oxygens (including phenoxy) is 5. The van der Waals surface area contributed by atoms with E-state index in [0.717, 1.165) is 25.7 Å². The molecule has 0 aromatic heterocycles. The molecule has 1 saturated carbocycles. The zero-order valence-corrected chi connectivity index (χ0v) is 13.7. The van der Waals surface area contributed by atoms with E-state index in [9.17, 15) is 4.79 Å². The highest BCUT2D eigenvalue weighted by molar-refractivity contribution is 5.88. The largest absolute Gasteiger partial charge is 0.454 e. The third-order valence-corrected chi connectivity index (χ3v) is 6.46. The first-order chi connectivity index (χ1) is 11.0. The van der Waals surface area contributed by atoms with Crippen molar-refractivity contribution in [2.45, 2.75) is 68.7 Å². The van der Waals surface area contributed by atoms with Crippen molar-refractivity contribution in [3.05, 3.63) is 0 Å². The van der Waals surface area contributed by atoms with Crippen LogP contribution < -0.4 is 0 Å².